The SMILES string of the molecule is CSc1nc(Nc2ccc([N+](=O)[O-])c(C#N)c2Cl)n(-c2ccc([N+](=O)[O-])c(C#N)c2Cl)n1. The highest BCUT2D eigenvalue weighted by molar-refractivity contribution is 7.98. The van der Waals surface area contributed by atoms with E-state index in [1.54, 1.807) is 18.4 Å². The molecule has 12 nitrogen and oxygen atoms in total. The van der Waals surface area contributed by atoms with Crippen molar-refractivity contribution in [1.29, 1.82) is 10.5 Å². The summed E-state index contributed by atoms with van der Waals surface area (Å²) in [6.07, 6.45) is 1.70. The zero-order valence-corrected chi connectivity index (χ0v) is 18.1. The molecule has 1 heterocycles. The van der Waals surface area contributed by atoms with Gasteiger partial charge in [0.2, 0.25) is 11.1 Å². The van der Waals surface area contributed by atoms with Crippen molar-refractivity contribution >= 4 is 58.0 Å². The molecule has 1 N–H and O–H groups in total. The molecule has 0 saturated carbocycles. The summed E-state index contributed by atoms with van der Waals surface area (Å²) in [5.74, 6) is 0.0358. The highest BCUT2D eigenvalue weighted by Crippen LogP contribution is 2.36. The monoisotopic (exact) mass is 490 g/mol. The Balaban J connectivity index is 2.17. The van der Waals surface area contributed by atoms with E-state index in [2.05, 4.69) is 15.4 Å². The lowest BCUT2D eigenvalue weighted by Crippen LogP contribution is -2.06. The molecule has 2 aromatic carbocycles. The van der Waals surface area contributed by atoms with Gasteiger partial charge in [0.05, 0.1) is 31.3 Å². The predicted octanol–water partition coefficient (Wildman–Crippen LogP) is 4.60. The summed E-state index contributed by atoms with van der Waals surface area (Å²) >= 11 is 13.6. The first-order valence-corrected chi connectivity index (χ1v) is 10.2. The van der Waals surface area contributed by atoms with Crippen molar-refractivity contribution in [3.63, 3.8) is 0 Å². The fraction of sp³-hybridized carbons (Fsp3) is 0.0588. The van der Waals surface area contributed by atoms with E-state index < -0.39 is 21.2 Å². The average molecular weight is 491 g/mol. The smallest absolute Gasteiger partial charge is 0.288 e. The second-order valence-corrected chi connectivity index (χ2v) is 7.34. The van der Waals surface area contributed by atoms with Crippen molar-refractivity contribution in [2.24, 2.45) is 0 Å². The molecule has 0 unspecified atom stereocenters. The van der Waals surface area contributed by atoms with Crippen molar-refractivity contribution in [2.45, 2.75) is 5.16 Å². The predicted molar refractivity (Wildman–Crippen MR) is 116 cm³/mol. The Kier molecular flexibility index (Phi) is 6.45. The van der Waals surface area contributed by atoms with Crippen LogP contribution >= 0.6 is 35.0 Å². The Morgan fingerprint density at radius 3 is 2.12 bits per heavy atom. The summed E-state index contributed by atoms with van der Waals surface area (Å²) in [5, 5.41) is 47.8. The van der Waals surface area contributed by atoms with Crippen LogP contribution in [0.5, 0.6) is 0 Å². The van der Waals surface area contributed by atoms with E-state index in [4.69, 9.17) is 23.2 Å². The van der Waals surface area contributed by atoms with Gasteiger partial charge in [-0.2, -0.15) is 20.2 Å². The zero-order valence-electron chi connectivity index (χ0n) is 15.7. The van der Waals surface area contributed by atoms with Crippen LogP contribution in [0.25, 0.3) is 5.69 Å². The lowest BCUT2D eigenvalue weighted by atomic mass is 10.1. The quantitative estimate of drug-likeness (QED) is 0.291. The summed E-state index contributed by atoms with van der Waals surface area (Å²) in [7, 11) is 0. The Hall–Kier alpha value is -3.91. The third kappa shape index (κ3) is 4.00. The number of hydrogen-bond acceptors (Lipinski definition) is 10. The fourth-order valence-electron chi connectivity index (χ4n) is 2.65. The van der Waals surface area contributed by atoms with Crippen molar-refractivity contribution < 1.29 is 9.85 Å². The van der Waals surface area contributed by atoms with Crippen molar-refractivity contribution in [2.75, 3.05) is 11.6 Å². The number of aromatic nitrogens is 3. The molecule has 32 heavy (non-hydrogen) atoms. The Morgan fingerprint density at radius 2 is 1.59 bits per heavy atom. The number of nitro benzene ring substituents is 2. The number of nitrogens with one attached hydrogen (secondary N) is 1. The number of thioether (sulfide) groups is 1. The molecule has 15 heteroatoms. The van der Waals surface area contributed by atoms with E-state index in [-0.39, 0.29) is 43.7 Å². The van der Waals surface area contributed by atoms with E-state index in [1.165, 1.54) is 28.6 Å². The first-order valence-electron chi connectivity index (χ1n) is 8.25. The highest BCUT2D eigenvalue weighted by atomic mass is 35.5. The molecule has 160 valence electrons. The number of hydrogen-bond donors (Lipinski definition) is 1. The van der Waals surface area contributed by atoms with Gasteiger partial charge in [-0.15, -0.1) is 5.10 Å². The van der Waals surface area contributed by atoms with Crippen LogP contribution in [0.4, 0.5) is 23.0 Å². The molecule has 1 aromatic heterocycles. The number of nitrogens with zero attached hydrogens (tertiary/aromatic N) is 7. The lowest BCUT2D eigenvalue weighted by molar-refractivity contribution is -0.385. The summed E-state index contributed by atoms with van der Waals surface area (Å²) in [4.78, 5) is 25.1. The van der Waals surface area contributed by atoms with Gasteiger partial charge in [-0.1, -0.05) is 35.0 Å². The summed E-state index contributed by atoms with van der Waals surface area (Å²) in [5.41, 5.74) is -1.42. The van der Waals surface area contributed by atoms with Gasteiger partial charge in [-0.05, 0) is 18.4 Å². The normalized spacial score (nSPS) is 10.3. The number of nitro groups is 2. The molecule has 0 bridgehead atoms. The summed E-state index contributed by atoms with van der Waals surface area (Å²) in [6.45, 7) is 0. The molecule has 0 radical (unpaired) electrons. The standard InChI is InChI=1S/C17H8Cl2N8O4S/c1-32-17-23-16(22-10-2-3-11(26(28)29)8(6-20)14(10)18)25(24-17)13-5-4-12(27(30)31)9(7-21)15(13)19/h2-5H,1H3,(H,22,23,24). The number of nitriles is 2. The molecule has 3 rings (SSSR count). The minimum atomic E-state index is -0.734. The third-order valence-corrected chi connectivity index (χ3v) is 5.39. The fourth-order valence-corrected chi connectivity index (χ4v) is 3.52. The van der Waals surface area contributed by atoms with Crippen LogP contribution < -0.4 is 5.32 Å². The molecule has 0 fully saturated rings. The molecule has 0 amide bonds. The van der Waals surface area contributed by atoms with E-state index in [9.17, 15) is 30.8 Å². The van der Waals surface area contributed by atoms with Crippen LogP contribution in [0, 0.1) is 42.9 Å². The number of rotatable bonds is 6. The van der Waals surface area contributed by atoms with Gasteiger partial charge in [-0.3, -0.25) is 20.2 Å². The maximum atomic E-state index is 11.2. The second-order valence-electron chi connectivity index (χ2n) is 5.81. The minimum Gasteiger partial charge on any atom is -0.323 e. The van der Waals surface area contributed by atoms with E-state index in [0.29, 0.717) is 0 Å². The molecule has 3 aromatic rings. The van der Waals surface area contributed by atoms with Crippen LogP contribution in [0.2, 0.25) is 10.0 Å². The molecule has 0 aliphatic carbocycles. The summed E-state index contributed by atoms with van der Waals surface area (Å²) in [6, 6.07) is 8.20. The maximum Gasteiger partial charge on any atom is 0.288 e. The van der Waals surface area contributed by atoms with Crippen molar-refractivity contribution in [3.05, 3.63) is 65.7 Å². The summed E-state index contributed by atoms with van der Waals surface area (Å²) < 4.78 is 1.20. The molecule has 0 spiro atoms. The Bertz CT molecular complexity index is 1360. The third-order valence-electron chi connectivity index (χ3n) is 4.08. The second kappa shape index (κ2) is 9.07. The molecule has 0 aliphatic rings. The van der Waals surface area contributed by atoms with Gasteiger partial charge in [0.25, 0.3) is 11.4 Å². The van der Waals surface area contributed by atoms with Crippen molar-refractivity contribution in [1.82, 2.24) is 14.8 Å². The van der Waals surface area contributed by atoms with Gasteiger partial charge >= 0.3 is 0 Å². The molecular weight excluding hydrogens is 483 g/mol. The number of benzene rings is 2. The molecule has 0 atom stereocenters. The molecule has 0 saturated heterocycles. The first-order chi connectivity index (χ1) is 15.2. The van der Waals surface area contributed by atoms with Gasteiger partial charge in [-0.25, -0.2) is 0 Å². The highest BCUT2D eigenvalue weighted by Gasteiger charge is 2.25. The maximum absolute atomic E-state index is 11.2. The van der Waals surface area contributed by atoms with Gasteiger partial charge in [0, 0.05) is 12.1 Å². The number of anilines is 2. The topological polar surface area (TPSA) is 177 Å². The Labute approximate surface area is 193 Å². The zero-order chi connectivity index (χ0) is 23.6. The lowest BCUT2D eigenvalue weighted by Gasteiger charge is -2.12. The molecular formula is C17H8Cl2N8O4S. The molecule has 0 aliphatic heterocycles. The minimum absolute atomic E-state index is 0.0358. The van der Waals surface area contributed by atoms with Crippen LogP contribution in [0.15, 0.2) is 29.4 Å². The van der Waals surface area contributed by atoms with Crippen molar-refractivity contribution in [3.8, 4) is 17.8 Å². The van der Waals surface area contributed by atoms with E-state index in [0.717, 1.165) is 12.1 Å². The Morgan fingerprint density at radius 1 is 1.03 bits per heavy atom. The van der Waals surface area contributed by atoms with Gasteiger partial charge < -0.3 is 5.32 Å². The number of halogens is 2. The van der Waals surface area contributed by atoms with Crippen LogP contribution in [0.3, 0.4) is 0 Å². The van der Waals surface area contributed by atoms with Gasteiger partial charge in [0.15, 0.2) is 11.1 Å². The largest absolute Gasteiger partial charge is 0.323 e. The van der Waals surface area contributed by atoms with Gasteiger partial charge in [0.1, 0.15) is 12.1 Å². The van der Waals surface area contributed by atoms with E-state index in [1.807, 2.05) is 0 Å². The average Bonchev–Trinajstić information content (AvgIpc) is 3.16. The van der Waals surface area contributed by atoms with Crippen LogP contribution in [-0.4, -0.2) is 30.9 Å². The van der Waals surface area contributed by atoms with E-state index >= 15 is 0 Å². The first kappa shape index (κ1) is 22.8. The van der Waals surface area contributed by atoms with Crippen LogP contribution in [-0.2, 0) is 0 Å². The van der Waals surface area contributed by atoms with Crippen LogP contribution in [0.1, 0.15) is 11.1 Å².